The van der Waals surface area contributed by atoms with Crippen molar-refractivity contribution in [2.24, 2.45) is 0 Å². The number of nitrogens with zero attached hydrogens (tertiary/aromatic N) is 3. The highest BCUT2D eigenvalue weighted by atomic mass is 19.4. The van der Waals surface area contributed by atoms with Gasteiger partial charge in [-0.3, -0.25) is 4.79 Å². The topological polar surface area (TPSA) is 26.8 Å². The average Bonchev–Trinajstić information content (AvgIpc) is 2.84. The van der Waals surface area contributed by atoms with Crippen LogP contribution in [-0.4, -0.2) is 61.5 Å². The minimum absolute atomic E-state index is 0.100. The van der Waals surface area contributed by atoms with E-state index in [1.807, 2.05) is 9.80 Å². The Morgan fingerprint density at radius 2 is 1.70 bits per heavy atom. The van der Waals surface area contributed by atoms with Crippen molar-refractivity contribution in [1.82, 2.24) is 9.80 Å². The van der Waals surface area contributed by atoms with E-state index >= 15 is 0 Å². The van der Waals surface area contributed by atoms with Crippen LogP contribution in [0, 0.1) is 0 Å². The minimum atomic E-state index is -4.35. The molecule has 1 aromatic rings. The summed E-state index contributed by atoms with van der Waals surface area (Å²) in [5.41, 5.74) is -0.109. The van der Waals surface area contributed by atoms with Gasteiger partial charge in [0.25, 0.3) is 0 Å². The smallest absolute Gasteiger partial charge is 0.369 e. The Kier molecular flexibility index (Phi) is 6.63. The number of benzene rings is 1. The van der Waals surface area contributed by atoms with Crippen LogP contribution in [0.1, 0.15) is 37.7 Å². The molecule has 0 spiro atoms. The maximum absolute atomic E-state index is 12.9. The maximum Gasteiger partial charge on any atom is 0.416 e. The molecule has 0 atom stereocenters. The fourth-order valence-electron chi connectivity index (χ4n) is 3.91. The number of halogens is 3. The van der Waals surface area contributed by atoms with Gasteiger partial charge in [0.05, 0.1) is 5.56 Å². The molecule has 0 N–H and O–H groups in total. The van der Waals surface area contributed by atoms with Crippen LogP contribution in [0.15, 0.2) is 24.3 Å². The number of hydrogen-bond acceptors (Lipinski definition) is 3. The van der Waals surface area contributed by atoms with Gasteiger partial charge in [-0.2, -0.15) is 13.2 Å². The number of alkyl halides is 3. The van der Waals surface area contributed by atoms with Crippen LogP contribution in [-0.2, 0) is 11.0 Å². The number of carbonyl (C=O) groups is 1. The van der Waals surface area contributed by atoms with E-state index in [1.165, 1.54) is 31.4 Å². The number of rotatable bonds is 5. The molecule has 150 valence electrons. The molecule has 27 heavy (non-hydrogen) atoms. The summed E-state index contributed by atoms with van der Waals surface area (Å²) in [5, 5.41) is 0. The molecule has 2 aliphatic heterocycles. The summed E-state index contributed by atoms with van der Waals surface area (Å²) in [7, 11) is 0. The molecule has 7 heteroatoms. The zero-order valence-corrected chi connectivity index (χ0v) is 15.7. The summed E-state index contributed by atoms with van der Waals surface area (Å²) >= 11 is 0. The van der Waals surface area contributed by atoms with Crippen molar-refractivity contribution >= 4 is 11.6 Å². The minimum Gasteiger partial charge on any atom is -0.369 e. The van der Waals surface area contributed by atoms with Crippen LogP contribution in [0.4, 0.5) is 18.9 Å². The van der Waals surface area contributed by atoms with Crippen molar-refractivity contribution in [3.05, 3.63) is 29.8 Å². The number of likely N-dealkylation sites (tertiary alicyclic amines) is 1. The van der Waals surface area contributed by atoms with Crippen molar-refractivity contribution in [2.75, 3.05) is 50.7 Å². The van der Waals surface area contributed by atoms with E-state index in [9.17, 15) is 18.0 Å². The van der Waals surface area contributed by atoms with Crippen molar-refractivity contribution in [3.63, 3.8) is 0 Å². The molecular formula is C20H28F3N3O. The van der Waals surface area contributed by atoms with Gasteiger partial charge in [-0.15, -0.1) is 0 Å². The Labute approximate surface area is 158 Å². The number of anilines is 1. The van der Waals surface area contributed by atoms with Crippen molar-refractivity contribution in [1.29, 1.82) is 0 Å². The third-order valence-corrected chi connectivity index (χ3v) is 5.48. The zero-order chi connectivity index (χ0) is 19.3. The lowest BCUT2D eigenvalue weighted by Gasteiger charge is -2.28. The summed E-state index contributed by atoms with van der Waals surface area (Å²) in [6.07, 6.45) is 0.781. The first-order chi connectivity index (χ1) is 12.9. The number of piperidine rings is 1. The summed E-state index contributed by atoms with van der Waals surface area (Å²) in [4.78, 5) is 18.6. The van der Waals surface area contributed by atoms with Gasteiger partial charge in [0.2, 0.25) is 5.91 Å². The maximum atomic E-state index is 12.9. The van der Waals surface area contributed by atoms with E-state index in [0.29, 0.717) is 31.7 Å². The first kappa shape index (κ1) is 20.0. The largest absolute Gasteiger partial charge is 0.416 e. The van der Waals surface area contributed by atoms with E-state index in [0.717, 1.165) is 38.7 Å². The molecule has 2 fully saturated rings. The Morgan fingerprint density at radius 1 is 0.926 bits per heavy atom. The van der Waals surface area contributed by atoms with Crippen molar-refractivity contribution in [3.8, 4) is 0 Å². The third kappa shape index (κ3) is 5.61. The fraction of sp³-hybridized carbons (Fsp3) is 0.650. The van der Waals surface area contributed by atoms with Crippen LogP contribution in [0.3, 0.4) is 0 Å². The van der Waals surface area contributed by atoms with Gasteiger partial charge >= 0.3 is 6.18 Å². The van der Waals surface area contributed by atoms with Crippen LogP contribution < -0.4 is 4.90 Å². The quantitative estimate of drug-likeness (QED) is 0.777. The van der Waals surface area contributed by atoms with E-state index < -0.39 is 11.7 Å². The second-order valence-electron chi connectivity index (χ2n) is 7.42. The van der Waals surface area contributed by atoms with Gasteiger partial charge in [-0.25, -0.2) is 0 Å². The molecule has 2 aliphatic rings. The summed E-state index contributed by atoms with van der Waals surface area (Å²) < 4.78 is 38.8. The van der Waals surface area contributed by atoms with E-state index in [1.54, 1.807) is 6.07 Å². The molecule has 4 nitrogen and oxygen atoms in total. The normalized spacial score (nSPS) is 20.0. The van der Waals surface area contributed by atoms with Gasteiger partial charge in [-0.1, -0.05) is 12.5 Å². The molecule has 0 saturated carbocycles. The van der Waals surface area contributed by atoms with Gasteiger partial charge in [-0.05, 0) is 57.1 Å². The van der Waals surface area contributed by atoms with E-state index in [2.05, 4.69) is 4.90 Å². The molecule has 0 bridgehead atoms. The third-order valence-electron chi connectivity index (χ3n) is 5.48. The first-order valence-electron chi connectivity index (χ1n) is 9.86. The molecule has 1 amide bonds. The lowest BCUT2D eigenvalue weighted by molar-refractivity contribution is -0.137. The van der Waals surface area contributed by atoms with Gasteiger partial charge in [0.1, 0.15) is 0 Å². The van der Waals surface area contributed by atoms with Crippen molar-refractivity contribution < 1.29 is 18.0 Å². The van der Waals surface area contributed by atoms with Gasteiger partial charge in [0.15, 0.2) is 0 Å². The predicted octanol–water partition coefficient (Wildman–Crippen LogP) is 3.62. The zero-order valence-electron chi connectivity index (χ0n) is 15.7. The fourth-order valence-corrected chi connectivity index (χ4v) is 3.91. The van der Waals surface area contributed by atoms with Crippen LogP contribution in [0.25, 0.3) is 0 Å². The van der Waals surface area contributed by atoms with E-state index in [4.69, 9.17) is 0 Å². The van der Waals surface area contributed by atoms with Crippen LogP contribution in [0.2, 0.25) is 0 Å². The highest BCUT2D eigenvalue weighted by molar-refractivity contribution is 5.77. The molecule has 1 aromatic carbocycles. The Balaban J connectivity index is 1.53. The standard InChI is InChI=1S/C20H28F3N3O/c21-20(22,23)17-6-4-7-18(16-17)25-13-8-19(27)26(15-14-25)12-5-11-24-9-2-1-3-10-24/h4,6-7,16H,1-3,5,8-15H2. The first-order valence-corrected chi connectivity index (χ1v) is 9.86. The van der Waals surface area contributed by atoms with Crippen LogP contribution >= 0.6 is 0 Å². The SMILES string of the molecule is O=C1CCN(c2cccc(C(F)(F)F)c2)CCN1CCCN1CCCCC1. The number of amides is 1. The lowest BCUT2D eigenvalue weighted by Crippen LogP contribution is -2.37. The molecule has 0 radical (unpaired) electrons. The Morgan fingerprint density at radius 3 is 2.44 bits per heavy atom. The van der Waals surface area contributed by atoms with Crippen molar-refractivity contribution in [2.45, 2.75) is 38.3 Å². The molecule has 2 saturated heterocycles. The molecule has 0 aromatic heterocycles. The summed E-state index contributed by atoms with van der Waals surface area (Å²) in [5.74, 6) is 0.100. The lowest BCUT2D eigenvalue weighted by atomic mass is 10.1. The molecule has 0 unspecified atom stereocenters. The van der Waals surface area contributed by atoms with Gasteiger partial charge in [0, 0.05) is 38.3 Å². The Bertz CT molecular complexity index is 629. The highest BCUT2D eigenvalue weighted by Crippen LogP contribution is 2.31. The molecule has 0 aliphatic carbocycles. The second-order valence-corrected chi connectivity index (χ2v) is 7.42. The van der Waals surface area contributed by atoms with Crippen LogP contribution in [0.5, 0.6) is 0 Å². The molecular weight excluding hydrogens is 355 g/mol. The predicted molar refractivity (Wildman–Crippen MR) is 99.8 cm³/mol. The number of hydrogen-bond donors (Lipinski definition) is 0. The second kappa shape index (κ2) is 8.95. The molecule has 3 rings (SSSR count). The van der Waals surface area contributed by atoms with Gasteiger partial charge < -0.3 is 14.7 Å². The summed E-state index contributed by atoms with van der Waals surface area (Å²) in [6, 6.07) is 5.38. The average molecular weight is 383 g/mol. The number of carbonyl (C=O) groups excluding carboxylic acids is 1. The van der Waals surface area contributed by atoms with E-state index in [-0.39, 0.29) is 5.91 Å². The monoisotopic (exact) mass is 383 g/mol. The highest BCUT2D eigenvalue weighted by Gasteiger charge is 2.31. The Hall–Kier alpha value is -1.76. The summed E-state index contributed by atoms with van der Waals surface area (Å²) in [6.45, 7) is 5.63. The molecule has 2 heterocycles.